The van der Waals surface area contributed by atoms with Gasteiger partial charge in [0.2, 0.25) is 0 Å². The fourth-order valence-corrected chi connectivity index (χ4v) is 5.83. The van der Waals surface area contributed by atoms with Crippen molar-refractivity contribution in [3.8, 4) is 33.1 Å². The highest BCUT2D eigenvalue weighted by Crippen LogP contribution is 2.37. The summed E-state index contributed by atoms with van der Waals surface area (Å²) in [6, 6.07) is 24.9. The Labute approximate surface area is 238 Å². The van der Waals surface area contributed by atoms with Gasteiger partial charge in [-0.25, -0.2) is 0 Å². The van der Waals surface area contributed by atoms with Crippen LogP contribution in [0, 0.1) is 0 Å². The maximum absolute atomic E-state index is 12.6. The number of aromatic nitrogens is 5. The summed E-state index contributed by atoms with van der Waals surface area (Å²) in [4.78, 5) is 38.7. The molecule has 0 spiro atoms. The van der Waals surface area contributed by atoms with Gasteiger partial charge < -0.3 is 10.3 Å². The van der Waals surface area contributed by atoms with Crippen LogP contribution >= 0.6 is 11.3 Å². The highest BCUT2D eigenvalue weighted by Gasteiger charge is 2.16. The molecule has 0 aliphatic rings. The number of amides is 1. The Bertz CT molecular complexity index is 2090. The van der Waals surface area contributed by atoms with Crippen LogP contribution in [0.1, 0.15) is 27.0 Å². The number of benzene rings is 2. The molecule has 0 fully saturated rings. The molecule has 7 aromatic rings. The van der Waals surface area contributed by atoms with Gasteiger partial charge in [-0.15, -0.1) is 11.3 Å². The highest BCUT2D eigenvalue weighted by molar-refractivity contribution is 7.17. The molecule has 0 unspecified atom stereocenters. The zero-order chi connectivity index (χ0) is 27.9. The topological polar surface area (TPSA) is 116 Å². The number of nitrogens with zero attached hydrogens (tertiary/aromatic N) is 3. The Kier molecular flexibility index (Phi) is 5.98. The largest absolute Gasteiger partial charge is 0.353 e. The van der Waals surface area contributed by atoms with Gasteiger partial charge in [-0.3, -0.25) is 24.7 Å². The number of carbonyl (C=O) groups is 2. The number of anilines is 1. The number of hydrogen-bond donors (Lipinski definition) is 3. The molecule has 9 heteroatoms. The van der Waals surface area contributed by atoms with Crippen molar-refractivity contribution < 1.29 is 9.59 Å². The normalized spacial score (nSPS) is 11.2. The summed E-state index contributed by atoms with van der Waals surface area (Å²) >= 11 is 1.50. The van der Waals surface area contributed by atoms with Crippen molar-refractivity contribution in [3.63, 3.8) is 0 Å². The summed E-state index contributed by atoms with van der Waals surface area (Å²) in [6.45, 7) is 1.59. The number of rotatable bonds is 6. The lowest BCUT2D eigenvalue weighted by Crippen LogP contribution is -2.11. The molecule has 0 atom stereocenters. The van der Waals surface area contributed by atoms with Gasteiger partial charge >= 0.3 is 0 Å². The van der Waals surface area contributed by atoms with E-state index in [2.05, 4.69) is 42.6 Å². The molecule has 0 bridgehead atoms. The van der Waals surface area contributed by atoms with Gasteiger partial charge in [0.05, 0.1) is 39.9 Å². The zero-order valence-corrected chi connectivity index (χ0v) is 22.6. The van der Waals surface area contributed by atoms with Crippen LogP contribution in [0.4, 0.5) is 5.69 Å². The Hall–Kier alpha value is -5.41. The third-order valence-corrected chi connectivity index (χ3v) is 8.13. The average molecular weight is 555 g/mol. The van der Waals surface area contributed by atoms with Crippen LogP contribution in [0.2, 0.25) is 0 Å². The van der Waals surface area contributed by atoms with E-state index >= 15 is 0 Å². The van der Waals surface area contributed by atoms with Gasteiger partial charge in [-0.2, -0.15) is 5.10 Å². The van der Waals surface area contributed by atoms with E-state index in [0.717, 1.165) is 54.1 Å². The molecule has 3 N–H and O–H groups in total. The molecule has 2 aromatic carbocycles. The second-order valence-corrected chi connectivity index (χ2v) is 10.7. The van der Waals surface area contributed by atoms with E-state index in [1.807, 2.05) is 54.6 Å². The Morgan fingerprint density at radius 1 is 0.854 bits per heavy atom. The number of aromatic amines is 2. The molecule has 5 heterocycles. The molecule has 5 aromatic heterocycles. The van der Waals surface area contributed by atoms with E-state index in [1.165, 1.54) is 11.3 Å². The molecular formula is C32H22N6O2S. The van der Waals surface area contributed by atoms with Crippen molar-refractivity contribution in [2.45, 2.75) is 6.92 Å². The number of H-pyrrole nitrogens is 2. The van der Waals surface area contributed by atoms with E-state index in [-0.39, 0.29) is 11.7 Å². The summed E-state index contributed by atoms with van der Waals surface area (Å²) in [5, 5.41) is 12.6. The van der Waals surface area contributed by atoms with Gasteiger partial charge in [0.1, 0.15) is 5.69 Å². The minimum Gasteiger partial charge on any atom is -0.353 e. The van der Waals surface area contributed by atoms with E-state index in [9.17, 15) is 9.59 Å². The van der Waals surface area contributed by atoms with Gasteiger partial charge in [-0.1, -0.05) is 30.3 Å². The van der Waals surface area contributed by atoms with Gasteiger partial charge in [-0.05, 0) is 55.5 Å². The lowest BCUT2D eigenvalue weighted by atomic mass is 10.1. The number of carbonyl (C=O) groups excluding carboxylic acids is 2. The fourth-order valence-electron chi connectivity index (χ4n) is 4.89. The fraction of sp³-hybridized carbons (Fsp3) is 0.0312. The van der Waals surface area contributed by atoms with E-state index in [0.29, 0.717) is 16.9 Å². The van der Waals surface area contributed by atoms with Crippen LogP contribution in [-0.2, 0) is 0 Å². The molecule has 0 saturated carbocycles. The van der Waals surface area contributed by atoms with E-state index in [1.54, 1.807) is 37.6 Å². The van der Waals surface area contributed by atoms with Crippen LogP contribution in [0.25, 0.3) is 54.9 Å². The van der Waals surface area contributed by atoms with Crippen molar-refractivity contribution in [3.05, 3.63) is 108 Å². The van der Waals surface area contributed by atoms with Crippen LogP contribution in [-0.4, -0.2) is 36.8 Å². The number of hydrogen-bond acceptors (Lipinski definition) is 6. The van der Waals surface area contributed by atoms with Crippen molar-refractivity contribution in [1.29, 1.82) is 0 Å². The molecule has 0 radical (unpaired) electrons. The van der Waals surface area contributed by atoms with Crippen LogP contribution in [0.5, 0.6) is 0 Å². The minimum absolute atomic E-state index is 0.0647. The maximum Gasteiger partial charge on any atom is 0.255 e. The smallest absolute Gasteiger partial charge is 0.255 e. The third kappa shape index (κ3) is 4.58. The Morgan fingerprint density at radius 3 is 2.56 bits per heavy atom. The number of ketones is 1. The van der Waals surface area contributed by atoms with Crippen molar-refractivity contribution in [2.24, 2.45) is 0 Å². The van der Waals surface area contributed by atoms with Crippen LogP contribution in [0.3, 0.4) is 0 Å². The number of thiophene rings is 1. The summed E-state index contributed by atoms with van der Waals surface area (Å²) in [5.74, 6) is -0.141. The predicted molar refractivity (Wildman–Crippen MR) is 162 cm³/mol. The lowest BCUT2D eigenvalue weighted by molar-refractivity contribution is 0.101. The van der Waals surface area contributed by atoms with Crippen LogP contribution < -0.4 is 5.32 Å². The quantitative estimate of drug-likeness (QED) is 0.186. The van der Waals surface area contributed by atoms with Crippen molar-refractivity contribution >= 4 is 50.5 Å². The second-order valence-electron chi connectivity index (χ2n) is 9.64. The SMILES string of the molecule is CC(=O)c1ccc(-c2cccc3[nH]c(-c4n[nH]c5cnc(-c6cncc(NC(=O)c7ccccc7)c6)cc45)cc23)s1. The monoisotopic (exact) mass is 554 g/mol. The molecule has 1 amide bonds. The molecular weight excluding hydrogens is 532 g/mol. The first kappa shape index (κ1) is 24.6. The average Bonchev–Trinajstić information content (AvgIpc) is 3.75. The predicted octanol–water partition coefficient (Wildman–Crippen LogP) is 7.35. The number of fused-ring (bicyclic) bond motifs is 2. The molecule has 7 rings (SSSR count). The Balaban J connectivity index is 1.24. The molecule has 198 valence electrons. The molecule has 41 heavy (non-hydrogen) atoms. The first-order valence-electron chi connectivity index (χ1n) is 12.9. The zero-order valence-electron chi connectivity index (χ0n) is 21.8. The second kappa shape index (κ2) is 9.96. The van der Waals surface area contributed by atoms with Crippen molar-refractivity contribution in [2.75, 3.05) is 5.32 Å². The van der Waals surface area contributed by atoms with E-state index in [4.69, 9.17) is 0 Å². The lowest BCUT2D eigenvalue weighted by Gasteiger charge is -2.07. The highest BCUT2D eigenvalue weighted by atomic mass is 32.1. The summed E-state index contributed by atoms with van der Waals surface area (Å²) in [7, 11) is 0. The first-order chi connectivity index (χ1) is 20.0. The first-order valence-corrected chi connectivity index (χ1v) is 13.7. The Morgan fingerprint density at radius 2 is 1.73 bits per heavy atom. The standard InChI is InChI=1S/C32H22N6O2S/c1-18(39)29-10-11-30(41-29)22-8-5-9-25-23(22)13-27(36-25)31-24-14-26(34-17-28(24)37-38-31)20-12-21(16-33-15-20)35-32(40)19-6-3-2-4-7-19/h2-17,36H,1H3,(H,35,40)(H,37,38). The molecule has 8 nitrogen and oxygen atoms in total. The number of Topliss-reactive ketones (excluding diaryl/α,β-unsaturated/α-hetero) is 1. The van der Waals surface area contributed by atoms with Crippen LogP contribution in [0.15, 0.2) is 97.5 Å². The summed E-state index contributed by atoms with van der Waals surface area (Å²) < 4.78 is 0. The number of nitrogens with one attached hydrogen (secondary N) is 3. The molecule has 0 aliphatic carbocycles. The number of pyridine rings is 2. The van der Waals surface area contributed by atoms with Gasteiger partial charge in [0.25, 0.3) is 5.91 Å². The van der Waals surface area contributed by atoms with Crippen molar-refractivity contribution in [1.82, 2.24) is 25.1 Å². The maximum atomic E-state index is 12.6. The minimum atomic E-state index is -0.205. The van der Waals surface area contributed by atoms with Gasteiger partial charge in [0, 0.05) is 44.1 Å². The van der Waals surface area contributed by atoms with Gasteiger partial charge in [0.15, 0.2) is 5.78 Å². The molecule has 0 aliphatic heterocycles. The summed E-state index contributed by atoms with van der Waals surface area (Å²) in [6.07, 6.45) is 5.08. The van der Waals surface area contributed by atoms with E-state index < -0.39 is 0 Å². The molecule has 0 saturated heterocycles. The third-order valence-electron chi connectivity index (χ3n) is 6.91. The summed E-state index contributed by atoms with van der Waals surface area (Å²) in [5.41, 5.74) is 7.09.